The van der Waals surface area contributed by atoms with Crippen molar-refractivity contribution >= 4 is 68.8 Å². The third-order valence-electron chi connectivity index (χ3n) is 4.01. The molecule has 0 radical (unpaired) electrons. The second kappa shape index (κ2) is 7.84. The molecule has 27 heavy (non-hydrogen) atoms. The monoisotopic (exact) mass is 423 g/mol. The quantitative estimate of drug-likeness (QED) is 0.577. The van der Waals surface area contributed by atoms with E-state index in [9.17, 15) is 14.4 Å². The molecule has 0 atom stereocenters. The number of nitrogens with zero attached hydrogens (tertiary/aromatic N) is 1. The van der Waals surface area contributed by atoms with Gasteiger partial charge in [0.25, 0.3) is 5.91 Å². The van der Waals surface area contributed by atoms with Crippen LogP contribution in [0.2, 0.25) is 5.02 Å². The summed E-state index contributed by atoms with van der Waals surface area (Å²) in [6.07, 6.45) is 2.99. The topological polar surface area (TPSA) is 87.8 Å². The summed E-state index contributed by atoms with van der Waals surface area (Å²) in [6, 6.07) is 3.23. The summed E-state index contributed by atoms with van der Waals surface area (Å²) in [5, 5.41) is 9.50. The van der Waals surface area contributed by atoms with E-state index in [-0.39, 0.29) is 29.9 Å². The van der Waals surface area contributed by atoms with Crippen LogP contribution >= 0.6 is 35.6 Å². The predicted octanol–water partition coefficient (Wildman–Crippen LogP) is 3.82. The molecular formula is C18H14ClNO5S2. The van der Waals surface area contributed by atoms with E-state index in [4.69, 9.17) is 33.3 Å². The van der Waals surface area contributed by atoms with Crippen molar-refractivity contribution in [3.8, 4) is 0 Å². The van der Waals surface area contributed by atoms with Gasteiger partial charge in [0.1, 0.15) is 16.2 Å². The average Bonchev–Trinajstić information content (AvgIpc) is 2.86. The predicted molar refractivity (Wildman–Crippen MR) is 109 cm³/mol. The first-order chi connectivity index (χ1) is 12.8. The van der Waals surface area contributed by atoms with Crippen molar-refractivity contribution in [3.05, 3.63) is 49.7 Å². The number of aryl methyl sites for hydroxylation is 1. The zero-order valence-corrected chi connectivity index (χ0v) is 16.5. The Morgan fingerprint density at radius 3 is 2.85 bits per heavy atom. The molecule has 1 saturated heterocycles. The molecule has 2 aromatic rings. The molecule has 1 N–H and O–H groups in total. The Hall–Kier alpha value is -2.16. The van der Waals surface area contributed by atoms with E-state index in [2.05, 4.69) is 0 Å². The van der Waals surface area contributed by atoms with Gasteiger partial charge in [-0.1, -0.05) is 35.6 Å². The first kappa shape index (κ1) is 19.6. The third-order valence-corrected chi connectivity index (χ3v) is 5.80. The van der Waals surface area contributed by atoms with Crippen molar-refractivity contribution in [3.63, 3.8) is 0 Å². The molecule has 1 aromatic heterocycles. The Morgan fingerprint density at radius 2 is 2.15 bits per heavy atom. The number of rotatable bonds is 5. The van der Waals surface area contributed by atoms with Crippen LogP contribution in [-0.2, 0) is 9.59 Å². The van der Waals surface area contributed by atoms with Gasteiger partial charge in [0.2, 0.25) is 0 Å². The van der Waals surface area contributed by atoms with Crippen LogP contribution in [0.15, 0.2) is 32.5 Å². The summed E-state index contributed by atoms with van der Waals surface area (Å²) in [5.41, 5.74) is 1.13. The number of benzene rings is 1. The lowest BCUT2D eigenvalue weighted by Gasteiger charge is -2.13. The molecule has 1 fully saturated rings. The lowest BCUT2D eigenvalue weighted by Crippen LogP contribution is -2.29. The molecule has 1 aromatic carbocycles. The van der Waals surface area contributed by atoms with Crippen LogP contribution in [0.5, 0.6) is 0 Å². The summed E-state index contributed by atoms with van der Waals surface area (Å²) in [5.74, 6) is -1.28. The standard InChI is InChI=1S/C18H14ClNO5S2/c1-9-5-13-11(7-12(9)19)16(23)10(8-25-13)6-14-17(24)20(18(26)27-14)4-2-3-15(21)22/h5-8H,2-4H2,1H3,(H,21,22). The summed E-state index contributed by atoms with van der Waals surface area (Å²) >= 11 is 12.4. The molecule has 2 heterocycles. The summed E-state index contributed by atoms with van der Waals surface area (Å²) in [4.78, 5) is 37.5. The van der Waals surface area contributed by atoms with Gasteiger partial charge in [-0.25, -0.2) is 0 Å². The Balaban J connectivity index is 1.90. The SMILES string of the molecule is Cc1cc2occ(C=C3SC(=S)N(CCCC(=O)O)C3=O)c(=O)c2cc1Cl. The Morgan fingerprint density at radius 1 is 1.41 bits per heavy atom. The number of carboxylic acid groups (broad SMARTS) is 1. The van der Waals surface area contributed by atoms with E-state index >= 15 is 0 Å². The molecule has 9 heteroatoms. The van der Waals surface area contributed by atoms with E-state index in [1.54, 1.807) is 12.1 Å². The first-order valence-corrected chi connectivity index (χ1v) is 9.57. The van der Waals surface area contributed by atoms with Gasteiger partial charge in [0, 0.05) is 18.0 Å². The number of carboxylic acids is 1. The maximum atomic E-state index is 12.7. The highest BCUT2D eigenvalue weighted by Gasteiger charge is 2.32. The highest BCUT2D eigenvalue weighted by molar-refractivity contribution is 8.26. The Kier molecular flexibility index (Phi) is 5.69. The van der Waals surface area contributed by atoms with Crippen LogP contribution in [0.1, 0.15) is 24.0 Å². The molecule has 0 bridgehead atoms. The van der Waals surface area contributed by atoms with Gasteiger partial charge >= 0.3 is 5.97 Å². The fourth-order valence-corrected chi connectivity index (χ4v) is 4.05. The number of carbonyl (C=O) groups excluding carboxylic acids is 1. The number of carbonyl (C=O) groups is 2. The van der Waals surface area contributed by atoms with Crippen molar-refractivity contribution in [2.24, 2.45) is 0 Å². The van der Waals surface area contributed by atoms with E-state index in [0.717, 1.165) is 17.3 Å². The van der Waals surface area contributed by atoms with E-state index in [1.807, 2.05) is 6.92 Å². The van der Waals surface area contributed by atoms with Gasteiger partial charge < -0.3 is 9.52 Å². The van der Waals surface area contributed by atoms with E-state index in [1.165, 1.54) is 17.2 Å². The van der Waals surface area contributed by atoms with Gasteiger partial charge in [-0.2, -0.15) is 0 Å². The lowest BCUT2D eigenvalue weighted by atomic mass is 10.1. The average molecular weight is 424 g/mol. The summed E-state index contributed by atoms with van der Waals surface area (Å²) in [6.45, 7) is 2.03. The van der Waals surface area contributed by atoms with Crippen molar-refractivity contribution < 1.29 is 19.1 Å². The van der Waals surface area contributed by atoms with Crippen LogP contribution in [-0.4, -0.2) is 32.7 Å². The number of thiocarbonyl (C=S) groups is 1. The first-order valence-electron chi connectivity index (χ1n) is 7.96. The van der Waals surface area contributed by atoms with E-state index in [0.29, 0.717) is 31.6 Å². The molecule has 140 valence electrons. The van der Waals surface area contributed by atoms with Crippen LogP contribution in [0.3, 0.4) is 0 Å². The van der Waals surface area contributed by atoms with Crippen molar-refractivity contribution in [2.45, 2.75) is 19.8 Å². The lowest BCUT2D eigenvalue weighted by molar-refractivity contribution is -0.137. The van der Waals surface area contributed by atoms with Crippen molar-refractivity contribution in [1.29, 1.82) is 0 Å². The molecule has 6 nitrogen and oxygen atoms in total. The van der Waals surface area contributed by atoms with Gasteiger partial charge in [0.15, 0.2) is 5.43 Å². The molecule has 1 amide bonds. The smallest absolute Gasteiger partial charge is 0.303 e. The number of aliphatic carboxylic acids is 1. The van der Waals surface area contributed by atoms with E-state index < -0.39 is 5.97 Å². The maximum absolute atomic E-state index is 12.7. The summed E-state index contributed by atoms with van der Waals surface area (Å²) in [7, 11) is 0. The second-order valence-corrected chi connectivity index (χ2v) is 8.03. The molecule has 0 saturated carbocycles. The minimum absolute atomic E-state index is 0.0510. The van der Waals surface area contributed by atoms with Crippen LogP contribution < -0.4 is 5.43 Å². The highest BCUT2D eigenvalue weighted by Crippen LogP contribution is 2.32. The number of hydrogen-bond donors (Lipinski definition) is 1. The minimum atomic E-state index is -0.932. The Labute approximate surface area is 168 Å². The van der Waals surface area contributed by atoms with Crippen molar-refractivity contribution in [1.82, 2.24) is 4.90 Å². The molecule has 0 aliphatic carbocycles. The number of amides is 1. The number of halogens is 1. The molecule has 0 spiro atoms. The largest absolute Gasteiger partial charge is 0.481 e. The fourth-order valence-electron chi connectivity index (χ4n) is 2.59. The fraction of sp³-hybridized carbons (Fsp3) is 0.222. The number of fused-ring (bicyclic) bond motifs is 1. The molecule has 1 aliphatic rings. The normalized spacial score (nSPS) is 15.9. The zero-order chi connectivity index (χ0) is 19.7. The maximum Gasteiger partial charge on any atom is 0.303 e. The minimum Gasteiger partial charge on any atom is -0.481 e. The van der Waals surface area contributed by atoms with Gasteiger partial charge in [-0.3, -0.25) is 19.3 Å². The van der Waals surface area contributed by atoms with Crippen LogP contribution in [0.4, 0.5) is 0 Å². The van der Waals surface area contributed by atoms with Gasteiger partial charge in [0.05, 0.1) is 15.9 Å². The Bertz CT molecular complexity index is 1060. The van der Waals surface area contributed by atoms with Gasteiger partial charge in [-0.15, -0.1) is 0 Å². The van der Waals surface area contributed by atoms with Crippen molar-refractivity contribution in [2.75, 3.05) is 6.54 Å². The summed E-state index contributed by atoms with van der Waals surface area (Å²) < 4.78 is 5.85. The second-order valence-electron chi connectivity index (χ2n) is 5.95. The molecule has 1 aliphatic heterocycles. The molecule has 0 unspecified atom stereocenters. The van der Waals surface area contributed by atoms with Crippen LogP contribution in [0.25, 0.3) is 17.0 Å². The zero-order valence-electron chi connectivity index (χ0n) is 14.2. The number of hydrogen-bond acceptors (Lipinski definition) is 6. The molecule has 3 rings (SSSR count). The van der Waals surface area contributed by atoms with Gasteiger partial charge in [-0.05, 0) is 37.1 Å². The number of thioether (sulfide) groups is 1. The highest BCUT2D eigenvalue weighted by atomic mass is 35.5. The molecular weight excluding hydrogens is 410 g/mol. The third kappa shape index (κ3) is 4.07. The van der Waals surface area contributed by atoms with Crippen LogP contribution in [0, 0.1) is 6.92 Å².